The molecule has 3 rings (SSSR count). The first-order valence-electron chi connectivity index (χ1n) is 7.35. The van der Waals surface area contributed by atoms with Crippen LogP contribution in [-0.2, 0) is 0 Å². The zero-order valence-electron chi connectivity index (χ0n) is 11.8. The summed E-state index contributed by atoms with van der Waals surface area (Å²) in [5.74, 6) is 0. The molecule has 5 heteroatoms. The molecule has 0 N–H and O–H groups in total. The normalized spacial score (nSPS) is 15.8. The molecular weight excluding hydrogens is 330 g/mol. The van der Waals surface area contributed by atoms with Gasteiger partial charge in [0, 0.05) is 13.1 Å². The van der Waals surface area contributed by atoms with Gasteiger partial charge in [0.15, 0.2) is 0 Å². The van der Waals surface area contributed by atoms with Crippen molar-refractivity contribution in [1.82, 2.24) is 9.78 Å². The molecular formula is C16H18BrN3O. The highest BCUT2D eigenvalue weighted by atomic mass is 79.9. The van der Waals surface area contributed by atoms with Crippen LogP contribution in [0.3, 0.4) is 0 Å². The van der Waals surface area contributed by atoms with E-state index in [9.17, 15) is 4.79 Å². The van der Waals surface area contributed by atoms with Crippen LogP contribution in [0, 0.1) is 0 Å². The summed E-state index contributed by atoms with van der Waals surface area (Å²) >= 11 is 3.47. The maximum Gasteiger partial charge on any atom is 0.287 e. The van der Waals surface area contributed by atoms with Crippen LogP contribution >= 0.6 is 15.9 Å². The lowest BCUT2D eigenvalue weighted by Crippen LogP contribution is -2.29. The molecule has 1 aromatic heterocycles. The van der Waals surface area contributed by atoms with Gasteiger partial charge < -0.3 is 4.90 Å². The van der Waals surface area contributed by atoms with Crippen molar-refractivity contribution < 1.29 is 0 Å². The minimum atomic E-state index is -0.108. The van der Waals surface area contributed by atoms with Gasteiger partial charge in [0.1, 0.15) is 4.47 Å². The second-order valence-electron chi connectivity index (χ2n) is 5.30. The summed E-state index contributed by atoms with van der Waals surface area (Å²) in [6.45, 7) is 1.99. The molecule has 0 spiro atoms. The number of aromatic nitrogens is 2. The minimum Gasteiger partial charge on any atom is -0.369 e. The number of hydrogen-bond donors (Lipinski definition) is 0. The molecule has 0 radical (unpaired) electrons. The first-order valence-corrected chi connectivity index (χ1v) is 8.15. The summed E-state index contributed by atoms with van der Waals surface area (Å²) in [5.41, 5.74) is 1.59. The Morgan fingerprint density at radius 2 is 1.67 bits per heavy atom. The number of rotatable bonds is 2. The van der Waals surface area contributed by atoms with Crippen LogP contribution in [0.25, 0.3) is 5.69 Å². The lowest BCUT2D eigenvalue weighted by atomic mass is 10.2. The van der Waals surface area contributed by atoms with Gasteiger partial charge in [-0.05, 0) is 40.9 Å². The van der Waals surface area contributed by atoms with E-state index in [2.05, 4.69) is 25.9 Å². The van der Waals surface area contributed by atoms with Crippen LogP contribution < -0.4 is 10.5 Å². The van der Waals surface area contributed by atoms with E-state index in [1.54, 1.807) is 6.20 Å². The fourth-order valence-electron chi connectivity index (χ4n) is 2.71. The molecule has 0 amide bonds. The molecule has 2 aromatic rings. The maximum absolute atomic E-state index is 12.5. The molecule has 1 saturated heterocycles. The Morgan fingerprint density at radius 3 is 2.33 bits per heavy atom. The molecule has 0 atom stereocenters. The van der Waals surface area contributed by atoms with Gasteiger partial charge in [0.05, 0.1) is 17.6 Å². The molecule has 0 aliphatic carbocycles. The standard InChI is InChI=1S/C16H18BrN3O/c17-15-14(19-10-6-1-2-7-11-19)12-18-20(16(15)21)13-8-4-3-5-9-13/h3-5,8-9,12H,1-2,6-7,10-11H2. The highest BCUT2D eigenvalue weighted by molar-refractivity contribution is 9.10. The van der Waals surface area contributed by atoms with Crippen molar-refractivity contribution in [2.45, 2.75) is 25.7 Å². The third-order valence-corrected chi connectivity index (χ3v) is 4.59. The number of para-hydroxylation sites is 1. The summed E-state index contributed by atoms with van der Waals surface area (Å²) in [6.07, 6.45) is 6.68. The Bertz CT molecular complexity index is 661. The Labute approximate surface area is 132 Å². The van der Waals surface area contributed by atoms with Crippen molar-refractivity contribution in [1.29, 1.82) is 0 Å². The number of halogens is 1. The Hall–Kier alpha value is -1.62. The lowest BCUT2D eigenvalue weighted by Gasteiger charge is -2.23. The van der Waals surface area contributed by atoms with E-state index in [0.717, 1.165) is 24.5 Å². The number of hydrogen-bond acceptors (Lipinski definition) is 3. The zero-order chi connectivity index (χ0) is 14.7. The molecule has 0 bridgehead atoms. The second kappa shape index (κ2) is 6.43. The molecule has 21 heavy (non-hydrogen) atoms. The number of benzene rings is 1. The quantitative estimate of drug-likeness (QED) is 0.835. The molecule has 2 heterocycles. The topological polar surface area (TPSA) is 38.1 Å². The van der Waals surface area contributed by atoms with Crippen molar-refractivity contribution in [3.05, 3.63) is 51.4 Å². The molecule has 1 fully saturated rings. The van der Waals surface area contributed by atoms with Crippen molar-refractivity contribution >= 4 is 21.6 Å². The zero-order valence-corrected chi connectivity index (χ0v) is 13.4. The van der Waals surface area contributed by atoms with E-state index < -0.39 is 0 Å². The van der Waals surface area contributed by atoms with Crippen LogP contribution in [0.5, 0.6) is 0 Å². The third kappa shape index (κ3) is 3.02. The Balaban J connectivity index is 1.98. The highest BCUT2D eigenvalue weighted by Gasteiger charge is 2.17. The van der Waals surface area contributed by atoms with Gasteiger partial charge in [-0.25, -0.2) is 0 Å². The van der Waals surface area contributed by atoms with E-state index in [0.29, 0.717) is 4.47 Å². The lowest BCUT2D eigenvalue weighted by molar-refractivity contribution is 0.726. The van der Waals surface area contributed by atoms with E-state index in [4.69, 9.17) is 0 Å². The molecule has 110 valence electrons. The van der Waals surface area contributed by atoms with E-state index in [-0.39, 0.29) is 5.56 Å². The van der Waals surface area contributed by atoms with Crippen molar-refractivity contribution in [2.75, 3.05) is 18.0 Å². The molecule has 1 aliphatic rings. The summed E-state index contributed by atoms with van der Waals surface area (Å²) < 4.78 is 2.04. The number of nitrogens with zero attached hydrogens (tertiary/aromatic N) is 3. The van der Waals surface area contributed by atoms with Gasteiger partial charge in [-0.3, -0.25) is 4.79 Å². The second-order valence-corrected chi connectivity index (χ2v) is 6.09. The smallest absolute Gasteiger partial charge is 0.287 e. The van der Waals surface area contributed by atoms with Gasteiger partial charge in [-0.2, -0.15) is 9.78 Å². The maximum atomic E-state index is 12.5. The fraction of sp³-hybridized carbons (Fsp3) is 0.375. The average Bonchev–Trinajstić information content (AvgIpc) is 2.80. The van der Waals surface area contributed by atoms with E-state index >= 15 is 0 Å². The molecule has 0 saturated carbocycles. The van der Waals surface area contributed by atoms with E-state index in [1.807, 2.05) is 30.3 Å². The summed E-state index contributed by atoms with van der Waals surface area (Å²) in [4.78, 5) is 14.8. The summed E-state index contributed by atoms with van der Waals surface area (Å²) in [6, 6.07) is 9.49. The minimum absolute atomic E-state index is 0.108. The van der Waals surface area contributed by atoms with Gasteiger partial charge >= 0.3 is 0 Å². The largest absolute Gasteiger partial charge is 0.369 e. The van der Waals surface area contributed by atoms with Gasteiger partial charge in [0.25, 0.3) is 5.56 Å². The van der Waals surface area contributed by atoms with Gasteiger partial charge in [-0.1, -0.05) is 31.0 Å². The van der Waals surface area contributed by atoms with Gasteiger partial charge in [0.2, 0.25) is 0 Å². The summed E-state index contributed by atoms with van der Waals surface area (Å²) in [5, 5.41) is 4.35. The van der Waals surface area contributed by atoms with Crippen LogP contribution in [0.4, 0.5) is 5.69 Å². The summed E-state index contributed by atoms with van der Waals surface area (Å²) in [7, 11) is 0. The SMILES string of the molecule is O=c1c(Br)c(N2CCCCCC2)cnn1-c1ccccc1. The molecule has 1 aliphatic heterocycles. The Kier molecular flexibility index (Phi) is 4.39. The monoisotopic (exact) mass is 347 g/mol. The average molecular weight is 348 g/mol. The van der Waals surface area contributed by atoms with Crippen LogP contribution in [0.15, 0.2) is 45.8 Å². The van der Waals surface area contributed by atoms with Crippen LogP contribution in [0.1, 0.15) is 25.7 Å². The fourth-order valence-corrected chi connectivity index (χ4v) is 3.23. The predicted octanol–water partition coefficient (Wildman–Crippen LogP) is 3.38. The first-order chi connectivity index (χ1) is 10.3. The highest BCUT2D eigenvalue weighted by Crippen LogP contribution is 2.25. The molecule has 0 unspecified atom stereocenters. The van der Waals surface area contributed by atoms with E-state index in [1.165, 1.54) is 30.4 Å². The first kappa shape index (κ1) is 14.3. The van der Waals surface area contributed by atoms with Crippen molar-refractivity contribution in [2.24, 2.45) is 0 Å². The van der Waals surface area contributed by atoms with Crippen molar-refractivity contribution in [3.8, 4) is 5.69 Å². The molecule has 4 nitrogen and oxygen atoms in total. The van der Waals surface area contributed by atoms with Crippen molar-refractivity contribution in [3.63, 3.8) is 0 Å². The predicted molar refractivity (Wildman–Crippen MR) is 88.2 cm³/mol. The number of anilines is 1. The van der Waals surface area contributed by atoms with Gasteiger partial charge in [-0.15, -0.1) is 0 Å². The van der Waals surface area contributed by atoms with Crippen LogP contribution in [-0.4, -0.2) is 22.9 Å². The third-order valence-electron chi connectivity index (χ3n) is 3.85. The molecule has 1 aromatic carbocycles. The Morgan fingerprint density at radius 1 is 1.00 bits per heavy atom. The van der Waals surface area contributed by atoms with Crippen LogP contribution in [0.2, 0.25) is 0 Å².